The van der Waals surface area contributed by atoms with E-state index in [4.69, 9.17) is 0 Å². The molecule has 2 heterocycles. The van der Waals surface area contributed by atoms with Crippen LogP contribution in [0.2, 0.25) is 0 Å². The molecular formula is C11H17BrN4. The van der Waals surface area contributed by atoms with Crippen LogP contribution in [0.15, 0.2) is 17.0 Å². The van der Waals surface area contributed by atoms with Crippen molar-refractivity contribution in [3.63, 3.8) is 0 Å². The summed E-state index contributed by atoms with van der Waals surface area (Å²) in [6, 6.07) is 2.61. The minimum absolute atomic E-state index is 0.627. The van der Waals surface area contributed by atoms with Crippen LogP contribution < -0.4 is 4.90 Å². The number of hydrogen-bond acceptors (Lipinski definition) is 4. The van der Waals surface area contributed by atoms with Gasteiger partial charge >= 0.3 is 0 Å². The molecule has 1 aliphatic rings. The molecule has 0 radical (unpaired) electrons. The van der Waals surface area contributed by atoms with Crippen molar-refractivity contribution in [1.29, 1.82) is 0 Å². The molecule has 2 rings (SSSR count). The first-order chi connectivity index (χ1) is 7.66. The summed E-state index contributed by atoms with van der Waals surface area (Å²) in [7, 11) is 4.29. The van der Waals surface area contributed by atoms with E-state index >= 15 is 0 Å². The van der Waals surface area contributed by atoms with Gasteiger partial charge in [0.1, 0.15) is 16.7 Å². The Morgan fingerprint density at radius 1 is 1.44 bits per heavy atom. The number of piperidine rings is 1. The largest absolute Gasteiger partial charge is 0.355 e. The van der Waals surface area contributed by atoms with Crippen molar-refractivity contribution in [1.82, 2.24) is 14.9 Å². The average molecular weight is 285 g/mol. The Morgan fingerprint density at radius 3 is 2.94 bits per heavy atom. The van der Waals surface area contributed by atoms with Crippen LogP contribution >= 0.6 is 15.9 Å². The predicted molar refractivity (Wildman–Crippen MR) is 68.7 cm³/mol. The fourth-order valence-electron chi connectivity index (χ4n) is 2.08. The summed E-state index contributed by atoms with van der Waals surface area (Å²) < 4.78 is 0.851. The topological polar surface area (TPSA) is 32.3 Å². The van der Waals surface area contributed by atoms with E-state index in [1.54, 1.807) is 6.33 Å². The third kappa shape index (κ3) is 2.71. The molecule has 0 spiro atoms. The fraction of sp³-hybridized carbons (Fsp3) is 0.636. The number of halogens is 1. The third-order valence-corrected chi connectivity index (χ3v) is 3.50. The van der Waals surface area contributed by atoms with E-state index in [1.165, 1.54) is 12.8 Å². The molecule has 0 aliphatic carbocycles. The van der Waals surface area contributed by atoms with Gasteiger partial charge in [-0.3, -0.25) is 0 Å². The van der Waals surface area contributed by atoms with Gasteiger partial charge in [-0.1, -0.05) is 0 Å². The summed E-state index contributed by atoms with van der Waals surface area (Å²) in [5, 5.41) is 0. The molecule has 0 aromatic carbocycles. The van der Waals surface area contributed by atoms with E-state index in [9.17, 15) is 0 Å². The van der Waals surface area contributed by atoms with E-state index in [1.807, 2.05) is 6.07 Å². The normalized spacial score (nSPS) is 21.5. The van der Waals surface area contributed by atoms with Crippen LogP contribution in [-0.4, -0.2) is 48.1 Å². The van der Waals surface area contributed by atoms with E-state index < -0.39 is 0 Å². The maximum absolute atomic E-state index is 4.32. The molecule has 0 N–H and O–H groups in total. The number of anilines is 1. The molecule has 0 saturated carbocycles. The molecule has 1 aromatic rings. The highest BCUT2D eigenvalue weighted by Crippen LogP contribution is 2.21. The Balaban J connectivity index is 2.09. The zero-order valence-corrected chi connectivity index (χ0v) is 11.3. The van der Waals surface area contributed by atoms with Crippen molar-refractivity contribution in [2.24, 2.45) is 0 Å². The zero-order chi connectivity index (χ0) is 11.5. The van der Waals surface area contributed by atoms with Gasteiger partial charge in [0.25, 0.3) is 0 Å². The first-order valence-corrected chi connectivity index (χ1v) is 6.35. The van der Waals surface area contributed by atoms with Gasteiger partial charge in [0.15, 0.2) is 0 Å². The molecule has 16 heavy (non-hydrogen) atoms. The standard InChI is InChI=1S/C11H17BrN4/c1-15(2)9-4-3-5-16(7-9)11-6-10(12)13-8-14-11/h6,8-9H,3-5,7H2,1-2H3. The molecule has 1 aliphatic heterocycles. The summed E-state index contributed by atoms with van der Waals surface area (Å²) in [6.45, 7) is 2.14. The van der Waals surface area contributed by atoms with Gasteiger partial charge in [-0.2, -0.15) is 0 Å². The fourth-order valence-corrected chi connectivity index (χ4v) is 2.38. The molecule has 1 fully saturated rings. The van der Waals surface area contributed by atoms with E-state index in [0.29, 0.717) is 6.04 Å². The number of aromatic nitrogens is 2. The first kappa shape index (κ1) is 11.8. The van der Waals surface area contributed by atoms with Crippen molar-refractivity contribution < 1.29 is 0 Å². The first-order valence-electron chi connectivity index (χ1n) is 5.56. The molecule has 0 bridgehead atoms. The summed E-state index contributed by atoms with van der Waals surface area (Å²) in [5.41, 5.74) is 0. The van der Waals surface area contributed by atoms with Gasteiger partial charge in [0, 0.05) is 25.2 Å². The Labute approximate surface area is 105 Å². The van der Waals surface area contributed by atoms with Crippen LogP contribution in [0.5, 0.6) is 0 Å². The van der Waals surface area contributed by atoms with Gasteiger partial charge in [0.2, 0.25) is 0 Å². The van der Waals surface area contributed by atoms with E-state index in [2.05, 4.69) is 49.8 Å². The van der Waals surface area contributed by atoms with Crippen molar-refractivity contribution in [3.8, 4) is 0 Å². The van der Waals surface area contributed by atoms with Crippen LogP contribution in [0.25, 0.3) is 0 Å². The minimum atomic E-state index is 0.627. The maximum Gasteiger partial charge on any atom is 0.133 e. The van der Waals surface area contributed by atoms with Crippen LogP contribution in [0, 0.1) is 0 Å². The van der Waals surface area contributed by atoms with Gasteiger partial charge in [-0.05, 0) is 42.9 Å². The highest BCUT2D eigenvalue weighted by Gasteiger charge is 2.22. The molecule has 4 nitrogen and oxygen atoms in total. The Hall–Kier alpha value is -0.680. The summed E-state index contributed by atoms with van der Waals surface area (Å²) in [4.78, 5) is 13.0. The second-order valence-electron chi connectivity index (χ2n) is 4.40. The molecule has 0 amide bonds. The predicted octanol–water partition coefficient (Wildman–Crippen LogP) is 1.77. The van der Waals surface area contributed by atoms with Crippen LogP contribution in [0.3, 0.4) is 0 Å². The molecule has 88 valence electrons. The van der Waals surface area contributed by atoms with Crippen LogP contribution in [0.1, 0.15) is 12.8 Å². The maximum atomic E-state index is 4.32. The number of nitrogens with zero attached hydrogens (tertiary/aromatic N) is 4. The molecule has 1 saturated heterocycles. The van der Waals surface area contributed by atoms with Gasteiger partial charge in [0.05, 0.1) is 0 Å². The van der Waals surface area contributed by atoms with E-state index in [-0.39, 0.29) is 0 Å². The molecular weight excluding hydrogens is 268 g/mol. The second-order valence-corrected chi connectivity index (χ2v) is 5.22. The molecule has 5 heteroatoms. The lowest BCUT2D eigenvalue weighted by molar-refractivity contribution is 0.257. The number of hydrogen-bond donors (Lipinski definition) is 0. The Morgan fingerprint density at radius 2 is 2.25 bits per heavy atom. The number of likely N-dealkylation sites (N-methyl/N-ethyl adjacent to an activating group) is 1. The SMILES string of the molecule is CN(C)C1CCCN(c2cc(Br)ncn2)C1. The lowest BCUT2D eigenvalue weighted by Crippen LogP contribution is -2.45. The summed E-state index contributed by atoms with van der Waals surface area (Å²) >= 11 is 3.38. The zero-order valence-electron chi connectivity index (χ0n) is 9.73. The van der Waals surface area contributed by atoms with Crippen molar-refractivity contribution >= 4 is 21.7 Å². The summed E-state index contributed by atoms with van der Waals surface area (Å²) in [6.07, 6.45) is 4.11. The second kappa shape index (κ2) is 5.10. The van der Waals surface area contributed by atoms with Crippen LogP contribution in [0.4, 0.5) is 5.82 Å². The minimum Gasteiger partial charge on any atom is -0.355 e. The molecule has 1 unspecified atom stereocenters. The quantitative estimate of drug-likeness (QED) is 0.775. The van der Waals surface area contributed by atoms with E-state index in [0.717, 1.165) is 23.5 Å². The van der Waals surface area contributed by atoms with Gasteiger partial charge in [-0.25, -0.2) is 9.97 Å². The molecule has 1 aromatic heterocycles. The lowest BCUT2D eigenvalue weighted by Gasteiger charge is -2.36. The number of rotatable bonds is 2. The Kier molecular flexibility index (Phi) is 3.76. The Bertz CT molecular complexity index is 356. The van der Waals surface area contributed by atoms with Crippen molar-refractivity contribution in [3.05, 3.63) is 17.0 Å². The average Bonchev–Trinajstić information content (AvgIpc) is 2.29. The monoisotopic (exact) mass is 284 g/mol. The third-order valence-electron chi connectivity index (χ3n) is 3.07. The van der Waals surface area contributed by atoms with Crippen molar-refractivity contribution in [2.45, 2.75) is 18.9 Å². The summed E-state index contributed by atoms with van der Waals surface area (Å²) in [5.74, 6) is 1.02. The van der Waals surface area contributed by atoms with Crippen molar-refractivity contribution in [2.75, 3.05) is 32.1 Å². The van der Waals surface area contributed by atoms with Gasteiger partial charge < -0.3 is 9.80 Å². The van der Waals surface area contributed by atoms with Gasteiger partial charge in [-0.15, -0.1) is 0 Å². The lowest BCUT2D eigenvalue weighted by atomic mass is 10.1. The smallest absolute Gasteiger partial charge is 0.133 e. The molecule has 1 atom stereocenters. The van der Waals surface area contributed by atoms with Crippen LogP contribution in [-0.2, 0) is 0 Å². The highest BCUT2D eigenvalue weighted by molar-refractivity contribution is 9.10. The highest BCUT2D eigenvalue weighted by atomic mass is 79.9.